The van der Waals surface area contributed by atoms with Crippen molar-refractivity contribution >= 4 is 0 Å². The highest BCUT2D eigenvalue weighted by molar-refractivity contribution is 5.32. The smallest absolute Gasteiger partial charge is 0.329 e. The van der Waals surface area contributed by atoms with Crippen molar-refractivity contribution in [2.24, 2.45) is 5.73 Å². The second-order valence-electron chi connectivity index (χ2n) is 4.47. The minimum absolute atomic E-state index is 0.181. The predicted octanol–water partition coefficient (Wildman–Crippen LogP) is 3.44. The van der Waals surface area contributed by atoms with Gasteiger partial charge in [0.05, 0.1) is 5.56 Å². The Bertz CT molecular complexity index is 391. The van der Waals surface area contributed by atoms with Crippen LogP contribution in [0.5, 0.6) is 0 Å². The van der Waals surface area contributed by atoms with Gasteiger partial charge in [-0.15, -0.1) is 0 Å². The maximum absolute atomic E-state index is 13.0. The Labute approximate surface area is 112 Å². The van der Waals surface area contributed by atoms with E-state index in [4.69, 9.17) is 5.73 Å². The zero-order valence-electron chi connectivity index (χ0n) is 11.4. The lowest BCUT2D eigenvalue weighted by molar-refractivity contribution is -0.138. The first kappa shape index (κ1) is 16.0. The first-order valence-corrected chi connectivity index (χ1v) is 6.55. The molecule has 0 saturated carbocycles. The molecule has 5 heteroatoms. The molecule has 0 radical (unpaired) electrons. The number of benzene rings is 1. The molecule has 0 spiro atoms. The van der Waals surface area contributed by atoms with Gasteiger partial charge in [-0.05, 0) is 31.1 Å². The number of nitrogens with zero attached hydrogens (tertiary/aromatic N) is 1. The number of nitrogens with two attached hydrogens (primary N) is 1. The molecule has 1 aromatic carbocycles. The fraction of sp³-hybridized carbons (Fsp3) is 0.571. The van der Waals surface area contributed by atoms with Crippen molar-refractivity contribution < 1.29 is 13.2 Å². The number of halogens is 3. The first-order valence-electron chi connectivity index (χ1n) is 6.55. The van der Waals surface area contributed by atoms with E-state index in [9.17, 15) is 13.2 Å². The molecular formula is C14H21F3N2. The van der Waals surface area contributed by atoms with Gasteiger partial charge < -0.3 is 5.73 Å². The normalized spacial score (nSPS) is 13.8. The summed E-state index contributed by atoms with van der Waals surface area (Å²) < 4.78 is 39.1. The summed E-state index contributed by atoms with van der Waals surface area (Å²) >= 11 is 0. The summed E-state index contributed by atoms with van der Waals surface area (Å²) in [6.45, 7) is 5.55. The van der Waals surface area contributed by atoms with E-state index >= 15 is 0 Å². The van der Waals surface area contributed by atoms with Crippen LogP contribution in [-0.2, 0) is 6.18 Å². The van der Waals surface area contributed by atoms with Crippen LogP contribution in [0.4, 0.5) is 13.2 Å². The van der Waals surface area contributed by atoms with E-state index in [2.05, 4.69) is 0 Å². The molecule has 0 amide bonds. The number of rotatable bonds is 6. The maximum Gasteiger partial charge on any atom is 0.416 e. The summed E-state index contributed by atoms with van der Waals surface area (Å²) in [6, 6.07) is 5.31. The molecule has 0 bridgehead atoms. The van der Waals surface area contributed by atoms with Gasteiger partial charge in [0, 0.05) is 12.6 Å². The highest BCUT2D eigenvalue weighted by atomic mass is 19.4. The fourth-order valence-corrected chi connectivity index (χ4v) is 2.34. The topological polar surface area (TPSA) is 29.3 Å². The first-order chi connectivity index (χ1) is 8.95. The molecule has 2 nitrogen and oxygen atoms in total. The Morgan fingerprint density at radius 1 is 1.21 bits per heavy atom. The molecule has 1 rings (SSSR count). The largest absolute Gasteiger partial charge is 0.416 e. The highest BCUT2D eigenvalue weighted by Gasteiger charge is 2.35. The number of hydrogen-bond acceptors (Lipinski definition) is 2. The molecule has 108 valence electrons. The van der Waals surface area contributed by atoms with Crippen molar-refractivity contribution in [2.75, 3.05) is 19.6 Å². The van der Waals surface area contributed by atoms with Gasteiger partial charge in [0.1, 0.15) is 0 Å². The van der Waals surface area contributed by atoms with Gasteiger partial charge in [-0.2, -0.15) is 13.2 Å². The Kier molecular flexibility index (Phi) is 5.82. The van der Waals surface area contributed by atoms with Crippen molar-refractivity contribution in [1.29, 1.82) is 0 Å². The molecule has 0 aliphatic carbocycles. The van der Waals surface area contributed by atoms with Crippen LogP contribution in [-0.4, -0.2) is 24.5 Å². The monoisotopic (exact) mass is 274 g/mol. The van der Waals surface area contributed by atoms with E-state index in [1.54, 1.807) is 6.07 Å². The third-order valence-electron chi connectivity index (χ3n) is 3.21. The van der Waals surface area contributed by atoms with Crippen molar-refractivity contribution in [3.63, 3.8) is 0 Å². The van der Waals surface area contributed by atoms with Crippen molar-refractivity contribution in [1.82, 2.24) is 4.90 Å². The van der Waals surface area contributed by atoms with Gasteiger partial charge in [-0.25, -0.2) is 0 Å². The standard InChI is InChI=1S/C14H21F3N2/c1-3-9-19(4-2)13(10-18)11-7-5-6-8-12(11)14(15,16)17/h5-8,13H,3-4,9-10,18H2,1-2H3. The molecular weight excluding hydrogens is 253 g/mol. The summed E-state index contributed by atoms with van der Waals surface area (Å²) in [6.07, 6.45) is -3.45. The van der Waals surface area contributed by atoms with Crippen LogP contribution < -0.4 is 5.73 Å². The number of alkyl halides is 3. The third kappa shape index (κ3) is 3.94. The average molecular weight is 274 g/mol. The molecule has 2 N–H and O–H groups in total. The summed E-state index contributed by atoms with van der Waals surface area (Å²) in [5.41, 5.74) is 5.40. The molecule has 1 unspecified atom stereocenters. The van der Waals surface area contributed by atoms with E-state index in [-0.39, 0.29) is 18.2 Å². The summed E-state index contributed by atoms with van der Waals surface area (Å²) in [5.74, 6) is 0. The molecule has 19 heavy (non-hydrogen) atoms. The molecule has 0 saturated heterocycles. The van der Waals surface area contributed by atoms with Crippen LogP contribution in [0.3, 0.4) is 0 Å². The van der Waals surface area contributed by atoms with E-state index in [1.165, 1.54) is 12.1 Å². The molecule has 0 aliphatic rings. The molecule has 1 atom stereocenters. The lowest BCUT2D eigenvalue weighted by Crippen LogP contribution is -2.35. The lowest BCUT2D eigenvalue weighted by Gasteiger charge is -2.31. The van der Waals surface area contributed by atoms with Crippen LogP contribution in [0.25, 0.3) is 0 Å². The van der Waals surface area contributed by atoms with Crippen LogP contribution in [0, 0.1) is 0 Å². The third-order valence-corrected chi connectivity index (χ3v) is 3.21. The maximum atomic E-state index is 13.0. The lowest BCUT2D eigenvalue weighted by atomic mass is 9.98. The molecule has 0 aliphatic heterocycles. The van der Waals surface area contributed by atoms with Crippen LogP contribution >= 0.6 is 0 Å². The van der Waals surface area contributed by atoms with Gasteiger partial charge >= 0.3 is 6.18 Å². The van der Waals surface area contributed by atoms with E-state index in [0.29, 0.717) is 6.54 Å². The Balaban J connectivity index is 3.17. The second-order valence-corrected chi connectivity index (χ2v) is 4.47. The quantitative estimate of drug-likeness (QED) is 0.861. The van der Waals surface area contributed by atoms with Gasteiger partial charge in [-0.1, -0.05) is 32.0 Å². The number of likely N-dealkylation sites (N-methyl/N-ethyl adjacent to an activating group) is 1. The van der Waals surface area contributed by atoms with E-state index < -0.39 is 11.7 Å². The second kappa shape index (κ2) is 6.91. The van der Waals surface area contributed by atoms with Crippen LogP contribution in [0.2, 0.25) is 0 Å². The van der Waals surface area contributed by atoms with Crippen LogP contribution in [0.1, 0.15) is 37.4 Å². The summed E-state index contributed by atoms with van der Waals surface area (Å²) in [5, 5.41) is 0. The summed E-state index contributed by atoms with van der Waals surface area (Å²) in [7, 11) is 0. The molecule has 1 aromatic rings. The van der Waals surface area contributed by atoms with Gasteiger partial charge in [0.25, 0.3) is 0 Å². The average Bonchev–Trinajstić information content (AvgIpc) is 2.38. The SMILES string of the molecule is CCCN(CC)C(CN)c1ccccc1C(F)(F)F. The van der Waals surface area contributed by atoms with Crippen molar-refractivity contribution in [3.8, 4) is 0 Å². The van der Waals surface area contributed by atoms with Gasteiger partial charge in [0.2, 0.25) is 0 Å². The number of hydrogen-bond donors (Lipinski definition) is 1. The fourth-order valence-electron chi connectivity index (χ4n) is 2.34. The molecule has 0 fully saturated rings. The van der Waals surface area contributed by atoms with E-state index in [1.807, 2.05) is 18.7 Å². The minimum atomic E-state index is -4.34. The Hall–Kier alpha value is -1.07. The Morgan fingerprint density at radius 3 is 2.32 bits per heavy atom. The summed E-state index contributed by atoms with van der Waals surface area (Å²) in [4.78, 5) is 1.99. The zero-order valence-corrected chi connectivity index (χ0v) is 11.4. The zero-order chi connectivity index (χ0) is 14.5. The Morgan fingerprint density at radius 2 is 1.84 bits per heavy atom. The predicted molar refractivity (Wildman–Crippen MR) is 70.8 cm³/mol. The van der Waals surface area contributed by atoms with Gasteiger partial charge in [0.15, 0.2) is 0 Å². The van der Waals surface area contributed by atoms with Gasteiger partial charge in [-0.3, -0.25) is 4.90 Å². The molecule has 0 heterocycles. The van der Waals surface area contributed by atoms with E-state index in [0.717, 1.165) is 19.0 Å². The van der Waals surface area contributed by atoms with Crippen molar-refractivity contribution in [3.05, 3.63) is 35.4 Å². The van der Waals surface area contributed by atoms with Crippen LogP contribution in [0.15, 0.2) is 24.3 Å². The minimum Gasteiger partial charge on any atom is -0.329 e. The molecule has 0 aromatic heterocycles. The highest BCUT2D eigenvalue weighted by Crippen LogP contribution is 2.35. The van der Waals surface area contributed by atoms with Crippen molar-refractivity contribution in [2.45, 2.75) is 32.5 Å².